The molecule has 1 aromatic carbocycles. The molecule has 9 nitrogen and oxygen atoms in total. The number of hydrogen-bond donors (Lipinski definition) is 0. The molecule has 10 heteroatoms. The molecule has 0 saturated carbocycles. The summed E-state index contributed by atoms with van der Waals surface area (Å²) in [4.78, 5) is 31.8. The highest BCUT2D eigenvalue weighted by Gasteiger charge is 2.43. The van der Waals surface area contributed by atoms with Crippen LogP contribution in [-0.4, -0.2) is 63.2 Å². The second-order valence-corrected chi connectivity index (χ2v) is 8.61. The molecule has 0 radical (unpaired) electrons. The van der Waals surface area contributed by atoms with Crippen LogP contribution in [0.1, 0.15) is 25.3 Å². The fraction of sp³-hybridized carbons (Fsp3) is 0.381. The van der Waals surface area contributed by atoms with Crippen LogP contribution in [0.25, 0.3) is 10.7 Å². The quantitative estimate of drug-likeness (QED) is 0.565. The number of hydrogen-bond acceptors (Lipinski definition) is 8. The minimum atomic E-state index is -0.426. The van der Waals surface area contributed by atoms with E-state index in [2.05, 4.69) is 20.3 Å². The lowest BCUT2D eigenvalue weighted by atomic mass is 10.0. The number of aromatic nitrogens is 4. The van der Waals surface area contributed by atoms with Crippen molar-refractivity contribution < 1.29 is 14.3 Å². The number of likely N-dealkylation sites (tertiary alicyclic amines) is 1. The summed E-state index contributed by atoms with van der Waals surface area (Å²) in [5, 5.41) is 14.9. The average Bonchev–Trinajstić information content (AvgIpc) is 3.54. The van der Waals surface area contributed by atoms with Crippen LogP contribution in [0.4, 0.5) is 5.69 Å². The molecule has 160 valence electrons. The first-order valence-electron chi connectivity index (χ1n) is 10.2. The number of carbonyl (C=O) groups is 2. The summed E-state index contributed by atoms with van der Waals surface area (Å²) in [6.45, 7) is 1.41. The zero-order chi connectivity index (χ0) is 21.4. The van der Waals surface area contributed by atoms with Crippen LogP contribution in [0.5, 0.6) is 5.75 Å². The van der Waals surface area contributed by atoms with Gasteiger partial charge in [-0.1, -0.05) is 12.1 Å². The molecule has 2 fully saturated rings. The molecule has 4 heterocycles. The summed E-state index contributed by atoms with van der Waals surface area (Å²) < 4.78 is 5.23. The second-order valence-electron chi connectivity index (χ2n) is 7.67. The van der Waals surface area contributed by atoms with Crippen LogP contribution in [-0.2, 0) is 9.59 Å². The van der Waals surface area contributed by atoms with E-state index < -0.39 is 6.04 Å². The molecule has 0 unspecified atom stereocenters. The Balaban J connectivity index is 1.24. The molecule has 2 aromatic heterocycles. The summed E-state index contributed by atoms with van der Waals surface area (Å²) in [5.74, 6) is 0.909. The smallest absolute Gasteiger partial charge is 0.251 e. The lowest BCUT2D eigenvalue weighted by molar-refractivity contribution is -0.123. The van der Waals surface area contributed by atoms with Gasteiger partial charge in [0, 0.05) is 19.2 Å². The molecule has 2 aliphatic heterocycles. The second kappa shape index (κ2) is 8.20. The molecule has 5 rings (SSSR count). The molecule has 2 aliphatic rings. The number of piperidine rings is 1. The number of benzene rings is 1. The Morgan fingerprint density at radius 3 is 2.71 bits per heavy atom. The number of methoxy groups -OCH3 is 1. The van der Waals surface area contributed by atoms with Crippen molar-refractivity contribution in [3.8, 4) is 16.5 Å². The molecule has 31 heavy (non-hydrogen) atoms. The van der Waals surface area contributed by atoms with Gasteiger partial charge in [-0.05, 0) is 41.6 Å². The third-order valence-corrected chi connectivity index (χ3v) is 6.74. The number of anilines is 1. The zero-order valence-electron chi connectivity index (χ0n) is 17.0. The maximum absolute atomic E-state index is 13.1. The van der Waals surface area contributed by atoms with E-state index in [4.69, 9.17) is 4.74 Å². The first kappa shape index (κ1) is 19.8. The summed E-state index contributed by atoms with van der Waals surface area (Å²) in [5.41, 5.74) is 0.555. The van der Waals surface area contributed by atoms with Crippen molar-refractivity contribution in [3.63, 3.8) is 0 Å². The molecule has 2 saturated heterocycles. The number of ether oxygens (including phenoxy) is 1. The highest BCUT2D eigenvalue weighted by molar-refractivity contribution is 7.13. The molecule has 0 spiro atoms. The number of imide groups is 1. The van der Waals surface area contributed by atoms with Gasteiger partial charge in [-0.3, -0.25) is 14.5 Å². The third-order valence-electron chi connectivity index (χ3n) is 5.87. The van der Waals surface area contributed by atoms with E-state index >= 15 is 0 Å². The number of amides is 2. The zero-order valence-corrected chi connectivity index (χ0v) is 17.9. The first-order valence-corrected chi connectivity index (χ1v) is 11.1. The topological polar surface area (TPSA) is 93.4 Å². The van der Waals surface area contributed by atoms with Gasteiger partial charge in [0.25, 0.3) is 5.91 Å². The SMILES string of the molecule is COc1cccc(N2C(=O)C[C@@H](N3CCC(n4nnc(-c5cccs5)n4)CC3)C2=O)c1. The standard InChI is InChI=1S/C21H22N6O3S/c1-30-16-5-2-4-15(12-16)26-19(28)13-17(21(26)29)25-9-7-14(8-10-25)27-23-20(22-24-27)18-6-3-11-31-18/h2-6,11-12,14,17H,7-10,13H2,1H3/t17-/m1/s1. The fourth-order valence-electron chi connectivity index (χ4n) is 4.23. The van der Waals surface area contributed by atoms with Gasteiger partial charge >= 0.3 is 0 Å². The van der Waals surface area contributed by atoms with E-state index in [9.17, 15) is 9.59 Å². The van der Waals surface area contributed by atoms with Gasteiger partial charge in [-0.25, -0.2) is 4.90 Å². The van der Waals surface area contributed by atoms with E-state index in [0.29, 0.717) is 30.4 Å². The van der Waals surface area contributed by atoms with Crippen LogP contribution in [0, 0.1) is 0 Å². The number of tetrazole rings is 1. The Hall–Kier alpha value is -3.11. The van der Waals surface area contributed by atoms with Crippen molar-refractivity contribution >= 4 is 28.8 Å². The van der Waals surface area contributed by atoms with Crippen molar-refractivity contribution in [2.24, 2.45) is 0 Å². The van der Waals surface area contributed by atoms with Gasteiger partial charge in [-0.2, -0.15) is 4.80 Å². The third kappa shape index (κ3) is 3.72. The minimum Gasteiger partial charge on any atom is -0.497 e. The summed E-state index contributed by atoms with van der Waals surface area (Å²) in [7, 11) is 1.56. The van der Waals surface area contributed by atoms with E-state index in [1.54, 1.807) is 47.5 Å². The van der Waals surface area contributed by atoms with Gasteiger partial charge in [0.2, 0.25) is 11.7 Å². The van der Waals surface area contributed by atoms with Gasteiger partial charge in [0.05, 0.1) is 36.2 Å². The highest BCUT2D eigenvalue weighted by Crippen LogP contribution is 2.31. The molecule has 0 aliphatic carbocycles. The maximum Gasteiger partial charge on any atom is 0.251 e. The molecular weight excluding hydrogens is 416 g/mol. The monoisotopic (exact) mass is 438 g/mol. The van der Waals surface area contributed by atoms with Crippen LogP contribution in [0.3, 0.4) is 0 Å². The Morgan fingerprint density at radius 2 is 1.97 bits per heavy atom. The number of carbonyl (C=O) groups excluding carboxylic acids is 2. The number of rotatable bonds is 5. The molecule has 3 aromatic rings. The predicted molar refractivity (Wildman–Crippen MR) is 115 cm³/mol. The van der Waals surface area contributed by atoms with Crippen molar-refractivity contribution in [3.05, 3.63) is 41.8 Å². The first-order chi connectivity index (χ1) is 15.1. The Labute approximate surface area is 183 Å². The summed E-state index contributed by atoms with van der Waals surface area (Å²) >= 11 is 1.59. The Bertz CT molecular complexity index is 1090. The van der Waals surface area contributed by atoms with Crippen LogP contribution >= 0.6 is 11.3 Å². The van der Waals surface area contributed by atoms with E-state index in [-0.39, 0.29) is 24.3 Å². The van der Waals surface area contributed by atoms with Crippen LogP contribution in [0.15, 0.2) is 41.8 Å². The van der Waals surface area contributed by atoms with Gasteiger partial charge in [-0.15, -0.1) is 21.5 Å². The minimum absolute atomic E-state index is 0.138. The lowest BCUT2D eigenvalue weighted by Crippen LogP contribution is -2.46. The van der Waals surface area contributed by atoms with Crippen LogP contribution in [0.2, 0.25) is 0 Å². The molecular formula is C21H22N6O3S. The summed E-state index contributed by atoms with van der Waals surface area (Å²) in [6, 6.07) is 10.7. The maximum atomic E-state index is 13.1. The number of thiophene rings is 1. The Morgan fingerprint density at radius 1 is 1.13 bits per heavy atom. The van der Waals surface area contributed by atoms with E-state index in [0.717, 1.165) is 17.7 Å². The molecule has 0 bridgehead atoms. The molecule has 1 atom stereocenters. The van der Waals surface area contributed by atoms with Gasteiger partial charge in [0.15, 0.2) is 0 Å². The van der Waals surface area contributed by atoms with Crippen molar-refractivity contribution in [2.75, 3.05) is 25.1 Å². The highest BCUT2D eigenvalue weighted by atomic mass is 32.1. The van der Waals surface area contributed by atoms with Gasteiger partial charge < -0.3 is 4.74 Å². The van der Waals surface area contributed by atoms with E-state index in [1.165, 1.54) is 4.90 Å². The Kier molecular flexibility index (Phi) is 5.24. The number of nitrogens with zero attached hydrogens (tertiary/aromatic N) is 6. The van der Waals surface area contributed by atoms with Crippen molar-refractivity contribution in [2.45, 2.75) is 31.3 Å². The van der Waals surface area contributed by atoms with E-state index in [1.807, 2.05) is 17.5 Å². The lowest BCUT2D eigenvalue weighted by Gasteiger charge is -2.34. The summed E-state index contributed by atoms with van der Waals surface area (Å²) in [6.07, 6.45) is 1.81. The predicted octanol–water partition coefficient (Wildman–Crippen LogP) is 2.38. The normalized spacial score (nSPS) is 20.5. The van der Waals surface area contributed by atoms with Crippen LogP contribution < -0.4 is 9.64 Å². The van der Waals surface area contributed by atoms with Crippen molar-refractivity contribution in [1.82, 2.24) is 25.1 Å². The molecule has 0 N–H and O–H groups in total. The largest absolute Gasteiger partial charge is 0.497 e. The fourth-order valence-corrected chi connectivity index (χ4v) is 4.88. The molecule has 2 amide bonds. The van der Waals surface area contributed by atoms with Gasteiger partial charge in [0.1, 0.15) is 5.75 Å². The average molecular weight is 439 g/mol. The van der Waals surface area contributed by atoms with Crippen molar-refractivity contribution in [1.29, 1.82) is 0 Å².